The minimum absolute atomic E-state index is 0.844. The van der Waals surface area contributed by atoms with Crippen LogP contribution in [0.1, 0.15) is 22.5 Å². The maximum absolute atomic E-state index is 5.11. The smallest absolute Gasteiger partial charge is 0.118 e. The Morgan fingerprint density at radius 3 is 2.00 bits per heavy atom. The molecule has 0 bridgehead atoms. The number of hydrogen-bond donors (Lipinski definition) is 0. The molecule has 90 valence electrons. The van der Waals surface area contributed by atoms with Crippen LogP contribution in [0.2, 0.25) is 0 Å². The molecule has 0 aliphatic carbocycles. The van der Waals surface area contributed by atoms with Gasteiger partial charge in [-0.3, -0.25) is 4.98 Å². The zero-order valence-electron chi connectivity index (χ0n) is 10.8. The van der Waals surface area contributed by atoms with Gasteiger partial charge in [0.05, 0.1) is 7.11 Å². The standard InChI is InChI=1S/C16H15NO/c1-12-10-15(11-13(2)17-12)5-4-14-6-8-16(18-3)9-7-14/h6-11H,1-3H3. The first-order chi connectivity index (χ1) is 8.67. The Kier molecular flexibility index (Phi) is 3.64. The molecule has 0 fully saturated rings. The summed E-state index contributed by atoms with van der Waals surface area (Å²) in [5.74, 6) is 7.13. The fourth-order valence-corrected chi connectivity index (χ4v) is 1.73. The summed E-state index contributed by atoms with van der Waals surface area (Å²) in [6.07, 6.45) is 0. The van der Waals surface area contributed by atoms with Crippen molar-refractivity contribution in [3.63, 3.8) is 0 Å². The number of ether oxygens (including phenoxy) is 1. The molecule has 0 saturated carbocycles. The summed E-state index contributed by atoms with van der Waals surface area (Å²) in [7, 11) is 1.66. The van der Waals surface area contributed by atoms with Gasteiger partial charge in [0.25, 0.3) is 0 Å². The molecule has 18 heavy (non-hydrogen) atoms. The predicted molar refractivity (Wildman–Crippen MR) is 72.7 cm³/mol. The number of nitrogens with zero attached hydrogens (tertiary/aromatic N) is 1. The van der Waals surface area contributed by atoms with Gasteiger partial charge in [-0.05, 0) is 50.2 Å². The molecule has 2 heteroatoms. The molecular weight excluding hydrogens is 222 g/mol. The lowest BCUT2D eigenvalue weighted by Crippen LogP contribution is -1.87. The van der Waals surface area contributed by atoms with E-state index in [2.05, 4.69) is 16.8 Å². The molecule has 0 unspecified atom stereocenters. The van der Waals surface area contributed by atoms with Gasteiger partial charge in [0.1, 0.15) is 5.75 Å². The second-order valence-corrected chi connectivity index (χ2v) is 4.12. The van der Waals surface area contributed by atoms with Gasteiger partial charge in [-0.1, -0.05) is 11.8 Å². The van der Waals surface area contributed by atoms with E-state index in [0.29, 0.717) is 0 Å². The Morgan fingerprint density at radius 2 is 1.44 bits per heavy atom. The topological polar surface area (TPSA) is 22.1 Å². The molecule has 0 aliphatic rings. The lowest BCUT2D eigenvalue weighted by molar-refractivity contribution is 0.415. The van der Waals surface area contributed by atoms with Crippen molar-refractivity contribution in [3.05, 3.63) is 58.9 Å². The highest BCUT2D eigenvalue weighted by atomic mass is 16.5. The average molecular weight is 237 g/mol. The summed E-state index contributed by atoms with van der Waals surface area (Å²) >= 11 is 0. The van der Waals surface area contributed by atoms with Crippen molar-refractivity contribution in [1.29, 1.82) is 0 Å². The van der Waals surface area contributed by atoms with E-state index in [9.17, 15) is 0 Å². The molecule has 1 heterocycles. The molecule has 0 spiro atoms. The summed E-state index contributed by atoms with van der Waals surface area (Å²) in [5, 5.41) is 0. The SMILES string of the molecule is COc1ccc(C#Cc2cc(C)nc(C)c2)cc1. The van der Waals surface area contributed by atoms with Gasteiger partial charge in [-0.2, -0.15) is 0 Å². The normalized spacial score (nSPS) is 9.50. The van der Waals surface area contributed by atoms with Crippen molar-refractivity contribution in [1.82, 2.24) is 4.98 Å². The third-order valence-electron chi connectivity index (χ3n) is 2.52. The molecule has 2 nitrogen and oxygen atoms in total. The Hall–Kier alpha value is -2.27. The molecule has 0 N–H and O–H groups in total. The third kappa shape index (κ3) is 3.11. The second kappa shape index (κ2) is 5.37. The van der Waals surface area contributed by atoms with E-state index >= 15 is 0 Å². The number of rotatable bonds is 1. The van der Waals surface area contributed by atoms with Gasteiger partial charge in [0.2, 0.25) is 0 Å². The maximum Gasteiger partial charge on any atom is 0.118 e. The van der Waals surface area contributed by atoms with Crippen molar-refractivity contribution in [2.45, 2.75) is 13.8 Å². The van der Waals surface area contributed by atoms with Crippen LogP contribution >= 0.6 is 0 Å². The molecule has 2 aromatic rings. The zero-order chi connectivity index (χ0) is 13.0. The van der Waals surface area contributed by atoms with E-state index in [-0.39, 0.29) is 0 Å². The van der Waals surface area contributed by atoms with Crippen molar-refractivity contribution in [3.8, 4) is 17.6 Å². The average Bonchev–Trinajstić information content (AvgIpc) is 2.36. The lowest BCUT2D eigenvalue weighted by Gasteiger charge is -1.98. The van der Waals surface area contributed by atoms with E-state index in [1.54, 1.807) is 7.11 Å². The molecule has 1 aromatic carbocycles. The van der Waals surface area contributed by atoms with Gasteiger partial charge in [-0.15, -0.1) is 0 Å². The van der Waals surface area contributed by atoms with Gasteiger partial charge < -0.3 is 4.74 Å². The molecule has 0 amide bonds. The third-order valence-corrected chi connectivity index (χ3v) is 2.52. The van der Waals surface area contributed by atoms with E-state index in [0.717, 1.165) is 28.3 Å². The van der Waals surface area contributed by atoms with E-state index < -0.39 is 0 Å². The first-order valence-electron chi connectivity index (χ1n) is 5.79. The van der Waals surface area contributed by atoms with Crippen LogP contribution in [0, 0.1) is 25.7 Å². The summed E-state index contributed by atoms with van der Waals surface area (Å²) in [6, 6.07) is 11.7. The Morgan fingerprint density at radius 1 is 0.889 bits per heavy atom. The van der Waals surface area contributed by atoms with E-state index in [4.69, 9.17) is 4.74 Å². The van der Waals surface area contributed by atoms with Gasteiger partial charge in [-0.25, -0.2) is 0 Å². The first-order valence-corrected chi connectivity index (χ1v) is 5.79. The molecule has 1 aromatic heterocycles. The van der Waals surface area contributed by atoms with Gasteiger partial charge in [0, 0.05) is 22.5 Å². The Balaban J connectivity index is 2.25. The van der Waals surface area contributed by atoms with Crippen molar-refractivity contribution >= 4 is 0 Å². The van der Waals surface area contributed by atoms with Crippen LogP contribution in [-0.4, -0.2) is 12.1 Å². The van der Waals surface area contributed by atoms with Crippen LogP contribution in [0.15, 0.2) is 36.4 Å². The Bertz CT molecular complexity index is 583. The van der Waals surface area contributed by atoms with Crippen molar-refractivity contribution in [2.75, 3.05) is 7.11 Å². The molecule has 0 saturated heterocycles. The highest BCUT2D eigenvalue weighted by Gasteiger charge is 1.94. The van der Waals surface area contributed by atoms with Crippen LogP contribution in [0.5, 0.6) is 5.75 Å². The number of methoxy groups -OCH3 is 1. The second-order valence-electron chi connectivity index (χ2n) is 4.12. The molecule has 0 atom stereocenters. The van der Waals surface area contributed by atoms with Crippen LogP contribution in [0.3, 0.4) is 0 Å². The van der Waals surface area contributed by atoms with Crippen LogP contribution in [0.25, 0.3) is 0 Å². The molecule has 0 radical (unpaired) electrons. The number of benzene rings is 1. The minimum atomic E-state index is 0.844. The predicted octanol–water partition coefficient (Wildman–Crippen LogP) is 3.11. The van der Waals surface area contributed by atoms with Crippen LogP contribution in [-0.2, 0) is 0 Å². The van der Waals surface area contributed by atoms with E-state index in [1.807, 2.05) is 50.2 Å². The maximum atomic E-state index is 5.11. The molecular formula is C16H15NO. The van der Waals surface area contributed by atoms with Gasteiger partial charge in [0.15, 0.2) is 0 Å². The monoisotopic (exact) mass is 237 g/mol. The Labute approximate surface area is 108 Å². The summed E-state index contributed by atoms with van der Waals surface area (Å²) in [6.45, 7) is 3.96. The minimum Gasteiger partial charge on any atom is -0.497 e. The van der Waals surface area contributed by atoms with Crippen LogP contribution in [0.4, 0.5) is 0 Å². The fourth-order valence-electron chi connectivity index (χ4n) is 1.73. The molecule has 2 rings (SSSR count). The van der Waals surface area contributed by atoms with E-state index in [1.165, 1.54) is 0 Å². The van der Waals surface area contributed by atoms with Crippen molar-refractivity contribution in [2.24, 2.45) is 0 Å². The number of pyridine rings is 1. The van der Waals surface area contributed by atoms with Crippen molar-refractivity contribution < 1.29 is 4.74 Å². The highest BCUT2D eigenvalue weighted by molar-refractivity contribution is 5.44. The zero-order valence-corrected chi connectivity index (χ0v) is 10.8. The lowest BCUT2D eigenvalue weighted by atomic mass is 10.1. The number of aryl methyl sites for hydroxylation is 2. The summed E-state index contributed by atoms with van der Waals surface area (Å²) in [5.41, 5.74) is 3.96. The first kappa shape index (κ1) is 12.2. The summed E-state index contributed by atoms with van der Waals surface area (Å²) in [4.78, 5) is 4.33. The quantitative estimate of drug-likeness (QED) is 0.711. The number of hydrogen-bond acceptors (Lipinski definition) is 2. The van der Waals surface area contributed by atoms with Gasteiger partial charge >= 0.3 is 0 Å². The summed E-state index contributed by atoms with van der Waals surface area (Å²) < 4.78 is 5.11. The molecule has 0 aliphatic heterocycles. The fraction of sp³-hybridized carbons (Fsp3) is 0.188. The highest BCUT2D eigenvalue weighted by Crippen LogP contribution is 2.10. The number of aromatic nitrogens is 1. The van der Waals surface area contributed by atoms with Crippen LogP contribution < -0.4 is 4.74 Å². The largest absolute Gasteiger partial charge is 0.497 e.